The van der Waals surface area contributed by atoms with Crippen molar-refractivity contribution >= 4 is 6.03 Å². The highest BCUT2D eigenvalue weighted by molar-refractivity contribution is 5.74. The third-order valence-electron chi connectivity index (χ3n) is 3.70. The van der Waals surface area contributed by atoms with Gasteiger partial charge in [0.2, 0.25) is 0 Å². The zero-order valence-electron chi connectivity index (χ0n) is 13.1. The highest BCUT2D eigenvalue weighted by Gasteiger charge is 2.19. The molecule has 1 unspecified atom stereocenters. The maximum atomic E-state index is 11.8. The third kappa shape index (κ3) is 4.77. The summed E-state index contributed by atoms with van der Waals surface area (Å²) in [5.74, 6) is 0.982. The Labute approximate surface area is 131 Å². The second-order valence-corrected chi connectivity index (χ2v) is 5.72. The van der Waals surface area contributed by atoms with Gasteiger partial charge in [-0.05, 0) is 31.9 Å². The first-order valence-electron chi connectivity index (χ1n) is 7.64. The van der Waals surface area contributed by atoms with Crippen LogP contribution < -0.4 is 15.4 Å². The Morgan fingerprint density at radius 2 is 2.18 bits per heavy atom. The molecular weight excluding hydrogens is 280 g/mol. The molecule has 120 valence electrons. The second kappa shape index (κ2) is 7.84. The van der Waals surface area contributed by atoms with Crippen molar-refractivity contribution in [3.8, 4) is 5.75 Å². The Morgan fingerprint density at radius 3 is 2.86 bits per heavy atom. The number of aryl methyl sites for hydroxylation is 1. The lowest BCUT2D eigenvalue weighted by molar-refractivity contribution is 0.205. The molecule has 5 nitrogen and oxygen atoms in total. The number of hydrogen-bond donors (Lipinski definition) is 3. The first-order valence-corrected chi connectivity index (χ1v) is 7.64. The molecule has 2 amide bonds. The van der Waals surface area contributed by atoms with Crippen molar-refractivity contribution in [3.05, 3.63) is 42.0 Å². The molecular formula is C17H24N2O3. The second-order valence-electron chi connectivity index (χ2n) is 5.72. The molecule has 0 saturated carbocycles. The van der Waals surface area contributed by atoms with E-state index in [1.165, 1.54) is 0 Å². The maximum absolute atomic E-state index is 11.8. The molecule has 1 aliphatic rings. The Hall–Kier alpha value is -2.01. The van der Waals surface area contributed by atoms with Crippen LogP contribution in [0.25, 0.3) is 0 Å². The zero-order valence-corrected chi connectivity index (χ0v) is 13.1. The van der Waals surface area contributed by atoms with E-state index in [1.54, 1.807) is 0 Å². The van der Waals surface area contributed by atoms with Crippen molar-refractivity contribution in [1.82, 2.24) is 10.6 Å². The van der Waals surface area contributed by atoms with E-state index < -0.39 is 0 Å². The summed E-state index contributed by atoms with van der Waals surface area (Å²) in [5, 5.41) is 14.7. The molecule has 1 aromatic carbocycles. The van der Waals surface area contributed by atoms with Gasteiger partial charge in [0.25, 0.3) is 0 Å². The lowest BCUT2D eigenvalue weighted by atomic mass is 10.1. The van der Waals surface area contributed by atoms with Crippen molar-refractivity contribution in [1.29, 1.82) is 0 Å². The number of carbonyl (C=O) groups excluding carboxylic acids is 1. The molecule has 5 heteroatoms. The molecule has 0 heterocycles. The lowest BCUT2D eigenvalue weighted by Crippen LogP contribution is -2.44. The van der Waals surface area contributed by atoms with Crippen LogP contribution in [-0.2, 0) is 0 Å². The summed E-state index contributed by atoms with van der Waals surface area (Å²) >= 11 is 0. The third-order valence-corrected chi connectivity index (χ3v) is 3.70. The van der Waals surface area contributed by atoms with Crippen LogP contribution in [0.2, 0.25) is 0 Å². The number of carbonyl (C=O) groups is 1. The highest BCUT2D eigenvalue weighted by atomic mass is 16.5. The summed E-state index contributed by atoms with van der Waals surface area (Å²) in [6.07, 6.45) is 4.50. The van der Waals surface area contributed by atoms with E-state index in [-0.39, 0.29) is 30.7 Å². The molecule has 22 heavy (non-hydrogen) atoms. The minimum absolute atomic E-state index is 0.00950. The van der Waals surface area contributed by atoms with E-state index in [4.69, 9.17) is 9.84 Å². The smallest absolute Gasteiger partial charge is 0.315 e. The topological polar surface area (TPSA) is 70.6 Å². The Kier molecular flexibility index (Phi) is 5.83. The van der Waals surface area contributed by atoms with E-state index in [2.05, 4.69) is 10.6 Å². The molecule has 0 saturated heterocycles. The summed E-state index contributed by atoms with van der Waals surface area (Å²) in [4.78, 5) is 11.8. The number of rotatable bonds is 6. The first-order chi connectivity index (χ1) is 10.6. The van der Waals surface area contributed by atoms with Gasteiger partial charge in [0.1, 0.15) is 11.9 Å². The zero-order chi connectivity index (χ0) is 15.9. The lowest BCUT2D eigenvalue weighted by Gasteiger charge is -2.18. The number of aliphatic hydroxyl groups is 1. The fourth-order valence-corrected chi connectivity index (χ4v) is 2.42. The van der Waals surface area contributed by atoms with Gasteiger partial charge < -0.3 is 20.5 Å². The molecule has 2 rings (SSSR count). The van der Waals surface area contributed by atoms with E-state index in [0.717, 1.165) is 17.7 Å². The Morgan fingerprint density at radius 1 is 1.41 bits per heavy atom. The number of aliphatic hydroxyl groups excluding tert-OH is 1. The number of benzene rings is 1. The van der Waals surface area contributed by atoms with Crippen molar-refractivity contribution in [2.75, 3.05) is 13.2 Å². The largest absolute Gasteiger partial charge is 0.489 e. The number of ether oxygens (including phenoxy) is 1. The van der Waals surface area contributed by atoms with Crippen molar-refractivity contribution in [2.24, 2.45) is 5.92 Å². The molecule has 0 fully saturated rings. The first kappa shape index (κ1) is 16.4. The van der Waals surface area contributed by atoms with Gasteiger partial charge in [-0.15, -0.1) is 0 Å². The van der Waals surface area contributed by atoms with Crippen molar-refractivity contribution in [2.45, 2.75) is 32.4 Å². The monoisotopic (exact) mass is 304 g/mol. The molecule has 0 spiro atoms. The van der Waals surface area contributed by atoms with Crippen LogP contribution in [0, 0.1) is 12.8 Å². The Bertz CT molecular complexity index is 530. The SMILES string of the molecule is Cc1ccccc1OC(C)CNC(=O)N[C@@H]1C=C[C@H](CO)C1. The van der Waals surface area contributed by atoms with Crippen LogP contribution in [0.4, 0.5) is 4.79 Å². The number of amides is 2. The summed E-state index contributed by atoms with van der Waals surface area (Å²) < 4.78 is 5.81. The molecule has 1 aromatic rings. The van der Waals surface area contributed by atoms with E-state index >= 15 is 0 Å². The van der Waals surface area contributed by atoms with Gasteiger partial charge in [-0.3, -0.25) is 0 Å². The molecule has 0 aromatic heterocycles. The molecule has 0 aliphatic heterocycles. The summed E-state index contributed by atoms with van der Waals surface area (Å²) in [6, 6.07) is 7.58. The van der Waals surface area contributed by atoms with Crippen LogP contribution in [0.5, 0.6) is 5.75 Å². The number of para-hydroxylation sites is 1. The standard InChI is InChI=1S/C17H24N2O3/c1-12-5-3-4-6-16(12)22-13(2)10-18-17(21)19-15-8-7-14(9-15)11-20/h3-8,13-15,20H,9-11H2,1-2H3,(H2,18,19,21)/t13?,14-,15+/m0/s1. The molecule has 1 aliphatic carbocycles. The maximum Gasteiger partial charge on any atom is 0.315 e. The van der Waals surface area contributed by atoms with Gasteiger partial charge in [0, 0.05) is 18.6 Å². The van der Waals surface area contributed by atoms with Gasteiger partial charge in [-0.25, -0.2) is 4.79 Å². The number of hydrogen-bond acceptors (Lipinski definition) is 3. The molecule has 0 radical (unpaired) electrons. The fourth-order valence-electron chi connectivity index (χ4n) is 2.42. The van der Waals surface area contributed by atoms with Gasteiger partial charge in [-0.2, -0.15) is 0 Å². The average Bonchev–Trinajstić information content (AvgIpc) is 2.95. The fraction of sp³-hybridized carbons (Fsp3) is 0.471. The van der Waals surface area contributed by atoms with Crippen molar-refractivity contribution in [3.63, 3.8) is 0 Å². The minimum atomic E-state index is -0.214. The quantitative estimate of drug-likeness (QED) is 0.704. The van der Waals surface area contributed by atoms with Gasteiger partial charge in [0.05, 0.1) is 6.54 Å². The van der Waals surface area contributed by atoms with Crippen LogP contribution in [-0.4, -0.2) is 36.4 Å². The van der Waals surface area contributed by atoms with E-state index in [1.807, 2.05) is 50.3 Å². The van der Waals surface area contributed by atoms with Gasteiger partial charge in [0.15, 0.2) is 0 Å². The number of urea groups is 1. The predicted octanol–water partition coefficient (Wildman–Crippen LogP) is 2.00. The predicted molar refractivity (Wildman–Crippen MR) is 85.9 cm³/mol. The van der Waals surface area contributed by atoms with Crippen LogP contribution in [0.3, 0.4) is 0 Å². The highest BCUT2D eigenvalue weighted by Crippen LogP contribution is 2.18. The van der Waals surface area contributed by atoms with E-state index in [0.29, 0.717) is 6.54 Å². The summed E-state index contributed by atoms with van der Waals surface area (Å²) in [6.45, 7) is 4.47. The normalized spacial score (nSPS) is 21.4. The van der Waals surface area contributed by atoms with Crippen LogP contribution in [0.1, 0.15) is 18.9 Å². The van der Waals surface area contributed by atoms with Gasteiger partial charge >= 0.3 is 6.03 Å². The van der Waals surface area contributed by atoms with E-state index in [9.17, 15) is 4.79 Å². The van der Waals surface area contributed by atoms with Crippen LogP contribution in [0.15, 0.2) is 36.4 Å². The summed E-state index contributed by atoms with van der Waals surface area (Å²) in [7, 11) is 0. The molecule has 3 atom stereocenters. The van der Waals surface area contributed by atoms with Crippen molar-refractivity contribution < 1.29 is 14.6 Å². The number of nitrogens with one attached hydrogen (secondary N) is 2. The minimum Gasteiger partial charge on any atom is -0.489 e. The average molecular weight is 304 g/mol. The van der Waals surface area contributed by atoms with Gasteiger partial charge in [-0.1, -0.05) is 30.4 Å². The summed E-state index contributed by atoms with van der Waals surface area (Å²) in [5.41, 5.74) is 1.07. The van der Waals surface area contributed by atoms with Crippen LogP contribution >= 0.6 is 0 Å². The molecule has 0 bridgehead atoms. The Balaban J connectivity index is 1.70. The molecule has 3 N–H and O–H groups in total.